The number of nitrogens with zero attached hydrogens (tertiary/aromatic N) is 3. The van der Waals surface area contributed by atoms with E-state index >= 15 is 0 Å². The standard InChI is InChI=1S/C30H30N4O4/c1-30(2)37-26(27(38-30)29(36)34-16-6-9-25(34)22-7-4-3-5-8-22)28(35)33-18-20-10-12-21(13-11-20)24-14-15-32-19-23(24)17-31/h3-5,7-8,10-15,19,25-27H,6,9,16,18H2,1-2H3,(H,33,35)/t25?,26?,27-/m1/s1. The number of aromatic nitrogens is 1. The first-order valence-electron chi connectivity index (χ1n) is 12.8. The van der Waals surface area contributed by atoms with Crippen LogP contribution in [0.2, 0.25) is 0 Å². The minimum absolute atomic E-state index is 0.0415. The first-order chi connectivity index (χ1) is 18.4. The zero-order chi connectivity index (χ0) is 26.7. The molecule has 2 unspecified atom stereocenters. The third-order valence-electron chi connectivity index (χ3n) is 6.99. The van der Waals surface area contributed by atoms with Crippen molar-refractivity contribution in [2.75, 3.05) is 6.54 Å². The summed E-state index contributed by atoms with van der Waals surface area (Å²) in [5, 5.41) is 12.2. The maximum Gasteiger partial charge on any atom is 0.255 e. The smallest absolute Gasteiger partial charge is 0.255 e. The topological polar surface area (TPSA) is 105 Å². The number of nitriles is 1. The van der Waals surface area contributed by atoms with Crippen molar-refractivity contribution in [1.82, 2.24) is 15.2 Å². The van der Waals surface area contributed by atoms with Crippen LogP contribution in [0.4, 0.5) is 0 Å². The molecule has 3 atom stereocenters. The fourth-order valence-electron chi connectivity index (χ4n) is 5.18. The van der Waals surface area contributed by atoms with Gasteiger partial charge in [-0.2, -0.15) is 5.26 Å². The van der Waals surface area contributed by atoms with E-state index in [1.54, 1.807) is 26.1 Å². The lowest BCUT2D eigenvalue weighted by atomic mass is 10.0. The van der Waals surface area contributed by atoms with Crippen LogP contribution < -0.4 is 5.32 Å². The fourth-order valence-corrected chi connectivity index (χ4v) is 5.18. The van der Waals surface area contributed by atoms with Crippen molar-refractivity contribution in [1.29, 1.82) is 5.26 Å². The zero-order valence-corrected chi connectivity index (χ0v) is 21.5. The summed E-state index contributed by atoms with van der Waals surface area (Å²) in [7, 11) is 0. The molecule has 3 heterocycles. The summed E-state index contributed by atoms with van der Waals surface area (Å²) in [5.74, 6) is -1.68. The van der Waals surface area contributed by atoms with Gasteiger partial charge in [-0.3, -0.25) is 14.6 Å². The molecule has 0 saturated carbocycles. The van der Waals surface area contributed by atoms with E-state index in [0.29, 0.717) is 12.1 Å². The van der Waals surface area contributed by atoms with Crippen LogP contribution in [-0.2, 0) is 25.6 Å². The maximum atomic E-state index is 13.6. The Bertz CT molecular complexity index is 1350. The van der Waals surface area contributed by atoms with Crippen molar-refractivity contribution in [2.24, 2.45) is 0 Å². The van der Waals surface area contributed by atoms with Gasteiger partial charge in [-0.1, -0.05) is 54.6 Å². The molecule has 2 fully saturated rings. The summed E-state index contributed by atoms with van der Waals surface area (Å²) < 4.78 is 11.9. The zero-order valence-electron chi connectivity index (χ0n) is 21.5. The van der Waals surface area contributed by atoms with Gasteiger partial charge in [0.15, 0.2) is 18.0 Å². The Labute approximate surface area is 222 Å². The highest BCUT2D eigenvalue weighted by Gasteiger charge is 2.51. The van der Waals surface area contributed by atoms with Crippen molar-refractivity contribution in [3.8, 4) is 17.2 Å². The molecule has 2 saturated heterocycles. The van der Waals surface area contributed by atoms with Crippen LogP contribution in [0.5, 0.6) is 0 Å². The minimum Gasteiger partial charge on any atom is -0.350 e. The number of hydrogen-bond donors (Lipinski definition) is 1. The van der Waals surface area contributed by atoms with E-state index in [2.05, 4.69) is 16.4 Å². The second-order valence-electron chi connectivity index (χ2n) is 10.0. The predicted octanol–water partition coefficient (Wildman–Crippen LogP) is 4.12. The second-order valence-corrected chi connectivity index (χ2v) is 10.0. The quantitative estimate of drug-likeness (QED) is 0.535. The third kappa shape index (κ3) is 5.30. The number of carbonyl (C=O) groups excluding carboxylic acids is 2. The number of hydrogen-bond acceptors (Lipinski definition) is 6. The lowest BCUT2D eigenvalue weighted by Crippen LogP contribution is -2.49. The highest BCUT2D eigenvalue weighted by Crippen LogP contribution is 2.36. The normalized spacial score (nSPS) is 22.1. The Hall–Kier alpha value is -4.06. The maximum absolute atomic E-state index is 13.6. The number of benzene rings is 2. The van der Waals surface area contributed by atoms with Crippen LogP contribution in [-0.4, -0.2) is 46.2 Å². The monoisotopic (exact) mass is 510 g/mol. The molecule has 0 radical (unpaired) electrons. The summed E-state index contributed by atoms with van der Waals surface area (Å²) in [6, 6.07) is 21.4. The van der Waals surface area contributed by atoms with Gasteiger partial charge in [0.25, 0.3) is 11.8 Å². The molecule has 1 aromatic heterocycles. The molecule has 2 aromatic carbocycles. The van der Waals surface area contributed by atoms with Crippen LogP contribution in [0.15, 0.2) is 73.1 Å². The first-order valence-corrected chi connectivity index (χ1v) is 12.8. The molecule has 8 nitrogen and oxygen atoms in total. The lowest BCUT2D eigenvalue weighted by Gasteiger charge is -2.28. The molecule has 0 spiro atoms. The van der Waals surface area contributed by atoms with E-state index in [1.807, 2.05) is 59.5 Å². The number of carbonyl (C=O) groups is 2. The first kappa shape index (κ1) is 25.6. The third-order valence-corrected chi connectivity index (χ3v) is 6.99. The molecular formula is C30H30N4O4. The summed E-state index contributed by atoms with van der Waals surface area (Å²) in [5.41, 5.74) is 4.14. The molecule has 194 valence electrons. The largest absolute Gasteiger partial charge is 0.350 e. The van der Waals surface area contributed by atoms with Gasteiger partial charge in [-0.25, -0.2) is 0 Å². The number of amides is 2. The van der Waals surface area contributed by atoms with Crippen molar-refractivity contribution >= 4 is 11.8 Å². The Morgan fingerprint density at radius 3 is 2.55 bits per heavy atom. The van der Waals surface area contributed by atoms with E-state index in [4.69, 9.17) is 9.47 Å². The molecule has 2 aliphatic heterocycles. The van der Waals surface area contributed by atoms with E-state index < -0.39 is 23.9 Å². The molecule has 2 aliphatic rings. The average molecular weight is 511 g/mol. The SMILES string of the molecule is CC1(C)OC(C(=O)NCc2ccc(-c3ccncc3C#N)cc2)[C@H](C(=O)N2CCCC2c2ccccc2)O1. The minimum atomic E-state index is -1.06. The van der Waals surface area contributed by atoms with Crippen molar-refractivity contribution in [3.05, 3.63) is 89.7 Å². The van der Waals surface area contributed by atoms with E-state index in [-0.39, 0.29) is 18.5 Å². The average Bonchev–Trinajstić information content (AvgIpc) is 3.56. The Morgan fingerprint density at radius 1 is 1.08 bits per heavy atom. The molecule has 0 aliphatic carbocycles. The molecule has 2 amide bonds. The molecular weight excluding hydrogens is 480 g/mol. The van der Waals surface area contributed by atoms with Gasteiger partial charge in [-0.05, 0) is 49.4 Å². The van der Waals surface area contributed by atoms with Crippen LogP contribution in [0.1, 0.15) is 49.4 Å². The van der Waals surface area contributed by atoms with Crippen LogP contribution in [0, 0.1) is 11.3 Å². The Balaban J connectivity index is 1.26. The number of rotatable bonds is 6. The van der Waals surface area contributed by atoms with E-state index in [9.17, 15) is 14.9 Å². The van der Waals surface area contributed by atoms with Crippen LogP contribution in [0.25, 0.3) is 11.1 Å². The number of pyridine rings is 1. The van der Waals surface area contributed by atoms with Crippen molar-refractivity contribution in [2.45, 2.75) is 57.3 Å². The molecule has 8 heteroatoms. The van der Waals surface area contributed by atoms with Crippen LogP contribution in [0.3, 0.4) is 0 Å². The fraction of sp³-hybridized carbons (Fsp3) is 0.333. The summed E-state index contributed by atoms with van der Waals surface area (Å²) in [6.07, 6.45) is 2.88. The molecule has 1 N–H and O–H groups in total. The van der Waals surface area contributed by atoms with Gasteiger partial charge in [0.1, 0.15) is 6.07 Å². The van der Waals surface area contributed by atoms with Gasteiger partial charge in [-0.15, -0.1) is 0 Å². The Kier molecular flexibility index (Phi) is 7.23. The van der Waals surface area contributed by atoms with E-state index in [1.165, 1.54) is 6.20 Å². The van der Waals surface area contributed by atoms with Crippen molar-refractivity contribution < 1.29 is 19.1 Å². The molecule has 38 heavy (non-hydrogen) atoms. The van der Waals surface area contributed by atoms with Gasteiger partial charge in [0.2, 0.25) is 0 Å². The Morgan fingerprint density at radius 2 is 1.82 bits per heavy atom. The number of ether oxygens (including phenoxy) is 2. The summed E-state index contributed by atoms with van der Waals surface area (Å²) in [6.45, 7) is 4.31. The highest BCUT2D eigenvalue weighted by atomic mass is 16.8. The highest BCUT2D eigenvalue weighted by molar-refractivity contribution is 5.92. The summed E-state index contributed by atoms with van der Waals surface area (Å²) >= 11 is 0. The van der Waals surface area contributed by atoms with Gasteiger partial charge in [0, 0.05) is 31.0 Å². The van der Waals surface area contributed by atoms with Crippen molar-refractivity contribution in [3.63, 3.8) is 0 Å². The summed E-state index contributed by atoms with van der Waals surface area (Å²) in [4.78, 5) is 32.7. The van der Waals surface area contributed by atoms with E-state index in [0.717, 1.165) is 35.1 Å². The number of likely N-dealkylation sites (tertiary alicyclic amines) is 1. The lowest BCUT2D eigenvalue weighted by molar-refractivity contribution is -0.163. The molecule has 5 rings (SSSR count). The molecule has 3 aromatic rings. The number of nitrogens with one attached hydrogen (secondary N) is 1. The van der Waals surface area contributed by atoms with Crippen LogP contribution >= 0.6 is 0 Å². The van der Waals surface area contributed by atoms with Gasteiger partial charge < -0.3 is 19.7 Å². The van der Waals surface area contributed by atoms with Gasteiger partial charge >= 0.3 is 0 Å². The second kappa shape index (κ2) is 10.7. The molecule has 0 bridgehead atoms. The van der Waals surface area contributed by atoms with Gasteiger partial charge in [0.05, 0.1) is 11.6 Å². The predicted molar refractivity (Wildman–Crippen MR) is 140 cm³/mol.